The van der Waals surface area contributed by atoms with Crippen LogP contribution < -0.4 is 5.32 Å². The summed E-state index contributed by atoms with van der Waals surface area (Å²) in [5.74, 6) is -0.353. The van der Waals surface area contributed by atoms with Crippen LogP contribution >= 0.6 is 22.6 Å². The second-order valence-corrected chi connectivity index (χ2v) is 4.32. The van der Waals surface area contributed by atoms with Crippen molar-refractivity contribution in [1.29, 1.82) is 15.8 Å². The lowest BCUT2D eigenvalue weighted by Gasteiger charge is -2.09. The number of halogens is 2. The highest BCUT2D eigenvalue weighted by atomic mass is 127. The molecule has 1 aromatic carbocycles. The van der Waals surface area contributed by atoms with Gasteiger partial charge in [0.05, 0.1) is 5.69 Å². The predicted octanol–water partition coefficient (Wildman–Crippen LogP) is 2.98. The molecule has 1 N–H and O–H groups in total. The van der Waals surface area contributed by atoms with Gasteiger partial charge in [0.25, 0.3) is 0 Å². The van der Waals surface area contributed by atoms with E-state index in [0.717, 1.165) is 0 Å². The molecule has 0 aliphatic carbocycles. The van der Waals surface area contributed by atoms with Gasteiger partial charge in [-0.25, -0.2) is 4.39 Å². The number of hydrogen-bond acceptors (Lipinski definition) is 4. The fourth-order valence-corrected chi connectivity index (χ4v) is 1.75. The van der Waals surface area contributed by atoms with Crippen LogP contribution in [0.15, 0.2) is 23.4 Å². The van der Waals surface area contributed by atoms with Crippen LogP contribution in [-0.4, -0.2) is 0 Å². The molecule has 0 heterocycles. The standard InChI is InChI=1S/C12H6FIN4/c1-7-9(13)2-3-10(12(7)14)18-11(6-17)8(4-15)5-16/h2-3,18H,1H3. The summed E-state index contributed by atoms with van der Waals surface area (Å²) < 4.78 is 13.8. The summed E-state index contributed by atoms with van der Waals surface area (Å²) in [6.07, 6.45) is 0. The van der Waals surface area contributed by atoms with E-state index < -0.39 is 0 Å². The van der Waals surface area contributed by atoms with Crippen molar-refractivity contribution < 1.29 is 4.39 Å². The average molecular weight is 352 g/mol. The van der Waals surface area contributed by atoms with E-state index in [2.05, 4.69) is 5.32 Å². The van der Waals surface area contributed by atoms with E-state index in [1.807, 2.05) is 22.6 Å². The molecule has 1 aromatic rings. The minimum Gasteiger partial charge on any atom is -0.344 e. The molecule has 0 fully saturated rings. The number of nitriles is 3. The first-order chi connectivity index (χ1) is 8.54. The molecule has 0 saturated heterocycles. The third-order valence-electron chi connectivity index (χ3n) is 2.17. The van der Waals surface area contributed by atoms with Crippen molar-refractivity contribution in [3.63, 3.8) is 0 Å². The van der Waals surface area contributed by atoms with E-state index in [0.29, 0.717) is 14.8 Å². The predicted molar refractivity (Wildman–Crippen MR) is 71.3 cm³/mol. The summed E-state index contributed by atoms with van der Waals surface area (Å²) in [7, 11) is 0. The third kappa shape index (κ3) is 2.77. The summed E-state index contributed by atoms with van der Waals surface area (Å²) in [4.78, 5) is 0. The molecule has 0 aromatic heterocycles. The third-order valence-corrected chi connectivity index (χ3v) is 3.56. The molecule has 0 saturated carbocycles. The van der Waals surface area contributed by atoms with Crippen LogP contribution in [0.5, 0.6) is 0 Å². The highest BCUT2D eigenvalue weighted by molar-refractivity contribution is 14.1. The van der Waals surface area contributed by atoms with Crippen molar-refractivity contribution in [3.8, 4) is 18.2 Å². The number of hydrogen-bond donors (Lipinski definition) is 1. The molecule has 0 aliphatic rings. The maximum atomic E-state index is 13.3. The Morgan fingerprint density at radius 1 is 1.22 bits per heavy atom. The van der Waals surface area contributed by atoms with Gasteiger partial charge in [0.15, 0.2) is 5.57 Å². The number of nitrogens with zero attached hydrogens (tertiary/aromatic N) is 3. The van der Waals surface area contributed by atoms with Gasteiger partial charge >= 0.3 is 0 Å². The number of anilines is 1. The van der Waals surface area contributed by atoms with Crippen LogP contribution in [-0.2, 0) is 0 Å². The van der Waals surface area contributed by atoms with Crippen LogP contribution in [0.4, 0.5) is 10.1 Å². The van der Waals surface area contributed by atoms with E-state index in [1.54, 1.807) is 25.1 Å². The molecule has 88 valence electrons. The topological polar surface area (TPSA) is 83.4 Å². The van der Waals surface area contributed by atoms with Crippen LogP contribution in [0.3, 0.4) is 0 Å². The van der Waals surface area contributed by atoms with E-state index in [4.69, 9.17) is 15.8 Å². The minimum absolute atomic E-state index is 0.149. The van der Waals surface area contributed by atoms with Gasteiger partial charge in [-0.05, 0) is 41.6 Å². The first-order valence-electron chi connectivity index (χ1n) is 4.71. The summed E-state index contributed by atoms with van der Waals surface area (Å²) in [5, 5.41) is 28.9. The molecule has 0 atom stereocenters. The lowest BCUT2D eigenvalue weighted by atomic mass is 10.2. The number of rotatable bonds is 2. The van der Waals surface area contributed by atoms with E-state index in [1.165, 1.54) is 12.1 Å². The van der Waals surface area contributed by atoms with Crippen molar-refractivity contribution in [1.82, 2.24) is 0 Å². The summed E-state index contributed by atoms with van der Waals surface area (Å²) in [6.45, 7) is 1.60. The Kier molecular flexibility index (Phi) is 4.65. The van der Waals surface area contributed by atoms with Gasteiger partial charge in [0.2, 0.25) is 0 Å². The zero-order valence-corrected chi connectivity index (χ0v) is 11.4. The van der Waals surface area contributed by atoms with Crippen molar-refractivity contribution in [3.05, 3.63) is 38.4 Å². The quantitative estimate of drug-likeness (QED) is 0.655. The Morgan fingerprint density at radius 3 is 2.33 bits per heavy atom. The van der Waals surface area contributed by atoms with Crippen LogP contribution in [0.2, 0.25) is 0 Å². The van der Waals surface area contributed by atoms with Gasteiger partial charge < -0.3 is 5.32 Å². The molecule has 0 bridgehead atoms. The van der Waals surface area contributed by atoms with Crippen molar-refractivity contribution in [2.75, 3.05) is 5.32 Å². The minimum atomic E-state index is -0.353. The maximum Gasteiger partial charge on any atom is 0.163 e. The SMILES string of the molecule is Cc1c(F)ccc(NC(C#N)=C(C#N)C#N)c1I. The molecule has 0 aliphatic heterocycles. The maximum absolute atomic E-state index is 13.3. The molecule has 0 unspecified atom stereocenters. The van der Waals surface area contributed by atoms with Crippen molar-refractivity contribution >= 4 is 28.3 Å². The number of benzene rings is 1. The first-order valence-corrected chi connectivity index (χ1v) is 5.79. The van der Waals surface area contributed by atoms with Crippen molar-refractivity contribution in [2.24, 2.45) is 0 Å². The monoisotopic (exact) mass is 352 g/mol. The summed E-state index contributed by atoms with van der Waals surface area (Å²) >= 11 is 1.93. The molecule has 0 amide bonds. The zero-order chi connectivity index (χ0) is 13.7. The van der Waals surface area contributed by atoms with Crippen LogP contribution in [0.25, 0.3) is 0 Å². The Morgan fingerprint density at radius 2 is 1.83 bits per heavy atom. The Labute approximate surface area is 117 Å². The lowest BCUT2D eigenvalue weighted by Crippen LogP contribution is -2.03. The van der Waals surface area contributed by atoms with Crippen molar-refractivity contribution in [2.45, 2.75) is 6.92 Å². The molecular formula is C12H6FIN4. The Hall–Kier alpha value is -2.11. The van der Waals surface area contributed by atoms with Gasteiger partial charge in [-0.2, -0.15) is 15.8 Å². The number of allylic oxidation sites excluding steroid dienone is 2. The van der Waals surface area contributed by atoms with Gasteiger partial charge in [-0.3, -0.25) is 0 Å². The highest BCUT2D eigenvalue weighted by Gasteiger charge is 2.11. The Bertz CT molecular complexity index is 628. The Balaban J connectivity index is 3.26. The zero-order valence-electron chi connectivity index (χ0n) is 9.25. The molecule has 1 rings (SSSR count). The lowest BCUT2D eigenvalue weighted by molar-refractivity contribution is 0.617. The van der Waals surface area contributed by atoms with Gasteiger partial charge in [0, 0.05) is 9.13 Å². The number of nitrogens with one attached hydrogen (secondary N) is 1. The normalized spacial score (nSPS) is 8.67. The molecule has 6 heteroatoms. The molecular weight excluding hydrogens is 346 g/mol. The van der Waals surface area contributed by atoms with Crippen LogP contribution in [0.1, 0.15) is 5.56 Å². The van der Waals surface area contributed by atoms with Crippen LogP contribution in [0, 0.1) is 50.3 Å². The van der Waals surface area contributed by atoms with E-state index in [-0.39, 0.29) is 17.1 Å². The summed E-state index contributed by atoms with van der Waals surface area (Å²) in [5.41, 5.74) is 0.460. The molecule has 18 heavy (non-hydrogen) atoms. The van der Waals surface area contributed by atoms with E-state index >= 15 is 0 Å². The summed E-state index contributed by atoms with van der Waals surface area (Å²) in [6, 6.07) is 7.70. The molecule has 4 nitrogen and oxygen atoms in total. The highest BCUT2D eigenvalue weighted by Crippen LogP contribution is 2.25. The fourth-order valence-electron chi connectivity index (χ4n) is 1.18. The second-order valence-electron chi connectivity index (χ2n) is 3.24. The van der Waals surface area contributed by atoms with E-state index in [9.17, 15) is 4.39 Å². The largest absolute Gasteiger partial charge is 0.344 e. The van der Waals surface area contributed by atoms with Gasteiger partial charge in [-0.1, -0.05) is 0 Å². The molecule has 0 radical (unpaired) electrons. The van der Waals surface area contributed by atoms with Gasteiger partial charge in [0.1, 0.15) is 29.7 Å². The molecule has 0 spiro atoms. The smallest absolute Gasteiger partial charge is 0.163 e. The average Bonchev–Trinajstić information content (AvgIpc) is 2.38. The van der Waals surface area contributed by atoms with Gasteiger partial charge in [-0.15, -0.1) is 0 Å². The first kappa shape index (κ1) is 14.0. The fraction of sp³-hybridized carbons (Fsp3) is 0.0833. The second kappa shape index (κ2) is 6.00.